The molecule has 3 aliphatic rings. The predicted molar refractivity (Wildman–Crippen MR) is 143 cm³/mol. The molecule has 0 bridgehead atoms. The number of likely N-dealkylation sites (N-methyl/N-ethyl adjacent to an activating group) is 1. The molecule has 5 rings (SSSR count). The molecule has 0 saturated carbocycles. The highest BCUT2D eigenvalue weighted by atomic mass is 16.5. The maximum Gasteiger partial charge on any atom is 0.256 e. The van der Waals surface area contributed by atoms with Gasteiger partial charge in [-0.15, -0.1) is 0 Å². The number of benzene rings is 2. The molecule has 1 atom stereocenters. The molecular formula is C29H40N4O3. The number of likely N-dealkylation sites (tertiary alicyclic amines) is 1. The van der Waals surface area contributed by atoms with Gasteiger partial charge in [0.25, 0.3) is 5.91 Å². The van der Waals surface area contributed by atoms with Crippen LogP contribution in [0.1, 0.15) is 41.3 Å². The van der Waals surface area contributed by atoms with Crippen LogP contribution in [0.3, 0.4) is 0 Å². The first-order chi connectivity index (χ1) is 17.5. The molecule has 1 N–H and O–H groups in total. The SMILES string of the molecule is CCN1CCC(Oc2ccc3c(c2)N(C)CCN(C[C@H](O)CN2CCc4ccccc4C2)C3=O)CC1. The lowest BCUT2D eigenvalue weighted by atomic mass is 10.00. The van der Waals surface area contributed by atoms with Crippen molar-refractivity contribution in [2.75, 3.05) is 64.3 Å². The van der Waals surface area contributed by atoms with Crippen LogP contribution in [0.5, 0.6) is 5.75 Å². The van der Waals surface area contributed by atoms with Gasteiger partial charge in [-0.1, -0.05) is 31.2 Å². The average Bonchev–Trinajstić information content (AvgIpc) is 3.01. The van der Waals surface area contributed by atoms with Crippen LogP contribution >= 0.6 is 0 Å². The van der Waals surface area contributed by atoms with Crippen molar-refractivity contribution in [2.45, 2.75) is 44.9 Å². The van der Waals surface area contributed by atoms with Gasteiger partial charge in [-0.05, 0) is 49.1 Å². The van der Waals surface area contributed by atoms with E-state index in [2.05, 4.69) is 45.9 Å². The molecule has 7 nitrogen and oxygen atoms in total. The Morgan fingerprint density at radius 3 is 2.53 bits per heavy atom. The minimum Gasteiger partial charge on any atom is -0.490 e. The number of carbonyl (C=O) groups excluding carboxylic acids is 1. The summed E-state index contributed by atoms with van der Waals surface area (Å²) in [6.07, 6.45) is 2.72. The fourth-order valence-electron chi connectivity index (χ4n) is 5.77. The first-order valence-electron chi connectivity index (χ1n) is 13.5. The zero-order chi connectivity index (χ0) is 25.1. The summed E-state index contributed by atoms with van der Waals surface area (Å²) in [7, 11) is 2.03. The number of aliphatic hydroxyl groups excluding tert-OH is 1. The van der Waals surface area contributed by atoms with Crippen molar-refractivity contribution in [3.05, 3.63) is 59.2 Å². The topological polar surface area (TPSA) is 59.5 Å². The summed E-state index contributed by atoms with van der Waals surface area (Å²) in [6.45, 7) is 9.48. The van der Waals surface area contributed by atoms with E-state index in [-0.39, 0.29) is 12.0 Å². The second-order valence-corrected chi connectivity index (χ2v) is 10.5. The highest BCUT2D eigenvalue weighted by Crippen LogP contribution is 2.30. The molecule has 2 aromatic carbocycles. The lowest BCUT2D eigenvalue weighted by molar-refractivity contribution is 0.0521. The maximum absolute atomic E-state index is 13.5. The van der Waals surface area contributed by atoms with Crippen LogP contribution in [-0.4, -0.2) is 97.3 Å². The van der Waals surface area contributed by atoms with Crippen LogP contribution in [-0.2, 0) is 13.0 Å². The van der Waals surface area contributed by atoms with E-state index in [1.54, 1.807) is 0 Å². The fraction of sp³-hybridized carbons (Fsp3) is 0.552. The lowest BCUT2D eigenvalue weighted by Crippen LogP contribution is -2.44. The number of hydrogen-bond donors (Lipinski definition) is 1. The largest absolute Gasteiger partial charge is 0.490 e. The molecule has 3 aliphatic heterocycles. The number of nitrogens with zero attached hydrogens (tertiary/aromatic N) is 4. The number of β-amino-alcohol motifs (C(OH)–C–C–N with tert-alkyl or cyclic N) is 1. The summed E-state index contributed by atoms with van der Waals surface area (Å²) >= 11 is 0. The molecular weight excluding hydrogens is 452 g/mol. The quantitative estimate of drug-likeness (QED) is 0.642. The molecule has 7 heteroatoms. The molecule has 0 unspecified atom stereocenters. The van der Waals surface area contributed by atoms with Gasteiger partial charge in [-0.2, -0.15) is 0 Å². The van der Waals surface area contributed by atoms with E-state index >= 15 is 0 Å². The molecule has 1 saturated heterocycles. The number of rotatable bonds is 7. The summed E-state index contributed by atoms with van der Waals surface area (Å²) in [5, 5.41) is 10.9. The van der Waals surface area contributed by atoms with Crippen molar-refractivity contribution in [2.24, 2.45) is 0 Å². The Hall–Kier alpha value is -2.61. The Balaban J connectivity index is 1.20. The predicted octanol–water partition coefficient (Wildman–Crippen LogP) is 2.86. The highest BCUT2D eigenvalue weighted by Gasteiger charge is 2.28. The Labute approximate surface area is 215 Å². The van der Waals surface area contributed by atoms with Gasteiger partial charge in [0.05, 0.1) is 17.4 Å². The van der Waals surface area contributed by atoms with Crippen molar-refractivity contribution < 1.29 is 14.6 Å². The number of ether oxygens (including phenoxy) is 1. The smallest absolute Gasteiger partial charge is 0.256 e. The molecule has 0 spiro atoms. The van der Waals surface area contributed by atoms with Crippen LogP contribution < -0.4 is 9.64 Å². The van der Waals surface area contributed by atoms with Crippen molar-refractivity contribution in [1.29, 1.82) is 0 Å². The monoisotopic (exact) mass is 492 g/mol. The van der Waals surface area contributed by atoms with Crippen molar-refractivity contribution in [3.63, 3.8) is 0 Å². The van der Waals surface area contributed by atoms with Crippen molar-refractivity contribution in [1.82, 2.24) is 14.7 Å². The third-order valence-corrected chi connectivity index (χ3v) is 8.00. The molecule has 2 aromatic rings. The van der Waals surface area contributed by atoms with Gasteiger partial charge in [-0.25, -0.2) is 0 Å². The molecule has 1 amide bonds. The first-order valence-corrected chi connectivity index (χ1v) is 13.5. The minimum absolute atomic E-state index is 0.0137. The zero-order valence-corrected chi connectivity index (χ0v) is 21.7. The molecule has 1 fully saturated rings. The molecule has 36 heavy (non-hydrogen) atoms. The van der Waals surface area contributed by atoms with Crippen LogP contribution in [0.25, 0.3) is 0 Å². The van der Waals surface area contributed by atoms with Gasteiger partial charge in [0.1, 0.15) is 11.9 Å². The Bertz CT molecular complexity index is 1050. The van der Waals surface area contributed by atoms with Gasteiger partial charge in [0, 0.05) is 65.5 Å². The number of piperidine rings is 1. The van der Waals surface area contributed by atoms with Gasteiger partial charge < -0.3 is 24.5 Å². The van der Waals surface area contributed by atoms with E-state index in [0.717, 1.165) is 70.0 Å². The maximum atomic E-state index is 13.5. The molecule has 0 aromatic heterocycles. The standard InChI is InChI=1S/C29H40N4O3/c1-3-31-14-11-25(12-15-31)36-26-8-9-27-28(18-26)30(2)16-17-33(29(27)35)21-24(34)20-32-13-10-22-6-4-5-7-23(22)19-32/h4-9,18,24-25,34H,3,10-17,19-21H2,1-2H3/t24-/m1/s1. The Morgan fingerprint density at radius 2 is 1.75 bits per heavy atom. The summed E-state index contributed by atoms with van der Waals surface area (Å²) in [5.74, 6) is 0.822. The number of carbonyl (C=O) groups is 1. The zero-order valence-electron chi connectivity index (χ0n) is 21.7. The average molecular weight is 493 g/mol. The summed E-state index contributed by atoms with van der Waals surface area (Å²) in [5.41, 5.74) is 4.34. The molecule has 3 heterocycles. The number of fused-ring (bicyclic) bond motifs is 2. The van der Waals surface area contributed by atoms with E-state index in [4.69, 9.17) is 4.74 Å². The van der Waals surface area contributed by atoms with Crippen LogP contribution in [0.15, 0.2) is 42.5 Å². The third kappa shape index (κ3) is 5.69. The van der Waals surface area contributed by atoms with E-state index in [0.29, 0.717) is 25.2 Å². The number of anilines is 1. The highest BCUT2D eigenvalue weighted by molar-refractivity contribution is 6.00. The minimum atomic E-state index is -0.581. The summed E-state index contributed by atoms with van der Waals surface area (Å²) in [4.78, 5) is 22.2. The second-order valence-electron chi connectivity index (χ2n) is 10.5. The van der Waals surface area contributed by atoms with Gasteiger partial charge >= 0.3 is 0 Å². The number of aliphatic hydroxyl groups is 1. The van der Waals surface area contributed by atoms with Crippen molar-refractivity contribution in [3.8, 4) is 5.75 Å². The molecule has 194 valence electrons. The van der Waals surface area contributed by atoms with E-state index < -0.39 is 6.10 Å². The Kier molecular flexibility index (Phi) is 7.79. The summed E-state index contributed by atoms with van der Waals surface area (Å²) < 4.78 is 6.32. The molecule has 0 radical (unpaired) electrons. The van der Waals surface area contributed by atoms with Gasteiger partial charge in [0.15, 0.2) is 0 Å². The second kappa shape index (κ2) is 11.2. The van der Waals surface area contributed by atoms with E-state index in [1.165, 1.54) is 11.1 Å². The lowest BCUT2D eigenvalue weighted by Gasteiger charge is -2.32. The first kappa shape index (κ1) is 25.1. The Morgan fingerprint density at radius 1 is 0.972 bits per heavy atom. The van der Waals surface area contributed by atoms with Gasteiger partial charge in [-0.3, -0.25) is 9.69 Å². The van der Waals surface area contributed by atoms with E-state index in [9.17, 15) is 9.90 Å². The van der Waals surface area contributed by atoms with Crippen LogP contribution in [0.2, 0.25) is 0 Å². The van der Waals surface area contributed by atoms with E-state index in [1.807, 2.05) is 30.1 Å². The number of amides is 1. The normalized spacial score (nSPS) is 20.6. The van der Waals surface area contributed by atoms with Crippen LogP contribution in [0.4, 0.5) is 5.69 Å². The third-order valence-electron chi connectivity index (χ3n) is 8.00. The summed E-state index contributed by atoms with van der Waals surface area (Å²) in [6, 6.07) is 14.4. The van der Waals surface area contributed by atoms with Crippen molar-refractivity contribution >= 4 is 11.6 Å². The van der Waals surface area contributed by atoms with Gasteiger partial charge in [0.2, 0.25) is 0 Å². The number of hydrogen-bond acceptors (Lipinski definition) is 6. The van der Waals surface area contributed by atoms with Crippen LogP contribution in [0, 0.1) is 0 Å². The fourth-order valence-corrected chi connectivity index (χ4v) is 5.77. The molecule has 0 aliphatic carbocycles.